The van der Waals surface area contributed by atoms with Crippen LogP contribution in [0.4, 0.5) is 11.6 Å². The van der Waals surface area contributed by atoms with Gasteiger partial charge < -0.3 is 10.6 Å². The molecule has 0 fully saturated rings. The zero-order valence-electron chi connectivity index (χ0n) is 12.3. The fourth-order valence-corrected chi connectivity index (χ4v) is 2.72. The van der Waals surface area contributed by atoms with Gasteiger partial charge in [0.2, 0.25) is 5.95 Å². The quantitative estimate of drug-likeness (QED) is 0.786. The third-order valence-electron chi connectivity index (χ3n) is 3.58. The first-order chi connectivity index (χ1) is 9.97. The van der Waals surface area contributed by atoms with Gasteiger partial charge in [0.1, 0.15) is 0 Å². The number of imidazole rings is 1. The second-order valence-electron chi connectivity index (χ2n) is 5.30. The molecule has 5 heteroatoms. The van der Waals surface area contributed by atoms with Crippen molar-refractivity contribution in [3.8, 4) is 5.69 Å². The van der Waals surface area contributed by atoms with Gasteiger partial charge in [-0.25, -0.2) is 4.98 Å². The number of hydrogen-bond donors (Lipinski definition) is 1. The molecule has 21 heavy (non-hydrogen) atoms. The fourth-order valence-electron chi connectivity index (χ4n) is 2.56. The number of halogens is 1. The van der Waals surface area contributed by atoms with Crippen molar-refractivity contribution in [1.82, 2.24) is 9.55 Å². The molecule has 0 unspecified atom stereocenters. The number of nitrogen functional groups attached to an aromatic ring is 1. The molecule has 0 aliphatic rings. The van der Waals surface area contributed by atoms with Crippen LogP contribution in [0.3, 0.4) is 0 Å². The Morgan fingerprint density at radius 2 is 1.90 bits per heavy atom. The zero-order chi connectivity index (χ0) is 15.1. The van der Waals surface area contributed by atoms with E-state index in [0.29, 0.717) is 11.0 Å². The van der Waals surface area contributed by atoms with Crippen LogP contribution < -0.4 is 10.6 Å². The van der Waals surface area contributed by atoms with Crippen molar-refractivity contribution in [2.24, 2.45) is 0 Å². The Morgan fingerprint density at radius 1 is 1.14 bits per heavy atom. The van der Waals surface area contributed by atoms with Crippen LogP contribution in [0, 0.1) is 6.92 Å². The monoisotopic (exact) mass is 300 g/mol. The molecule has 3 rings (SSSR count). The number of nitrogens with zero attached hydrogens (tertiary/aromatic N) is 3. The molecule has 0 aliphatic heterocycles. The van der Waals surface area contributed by atoms with Gasteiger partial charge in [0.25, 0.3) is 0 Å². The molecule has 0 saturated carbocycles. The van der Waals surface area contributed by atoms with Gasteiger partial charge >= 0.3 is 0 Å². The van der Waals surface area contributed by atoms with Crippen molar-refractivity contribution < 1.29 is 0 Å². The van der Waals surface area contributed by atoms with Crippen LogP contribution in [0.5, 0.6) is 0 Å². The summed E-state index contributed by atoms with van der Waals surface area (Å²) in [7, 11) is 4.05. The van der Waals surface area contributed by atoms with E-state index in [2.05, 4.69) is 28.9 Å². The first-order valence-electron chi connectivity index (χ1n) is 6.69. The van der Waals surface area contributed by atoms with Crippen molar-refractivity contribution in [2.75, 3.05) is 24.7 Å². The van der Waals surface area contributed by atoms with Crippen molar-refractivity contribution in [3.63, 3.8) is 0 Å². The SMILES string of the molecule is Cc1ccc(-n2c(N)nc3ccc(Cl)cc32)cc1N(C)C. The highest BCUT2D eigenvalue weighted by Gasteiger charge is 2.12. The predicted molar refractivity (Wildman–Crippen MR) is 89.6 cm³/mol. The van der Waals surface area contributed by atoms with Crippen LogP contribution in [-0.2, 0) is 0 Å². The predicted octanol–water partition coefficient (Wildman–Crippen LogP) is 3.64. The Kier molecular flexibility index (Phi) is 3.26. The van der Waals surface area contributed by atoms with E-state index in [4.69, 9.17) is 17.3 Å². The molecule has 0 saturated heterocycles. The Hall–Kier alpha value is -2.20. The Labute approximate surface area is 128 Å². The average molecular weight is 301 g/mol. The minimum atomic E-state index is 0.459. The molecule has 0 atom stereocenters. The van der Waals surface area contributed by atoms with Gasteiger partial charge in [0.15, 0.2) is 0 Å². The molecule has 0 bridgehead atoms. The molecule has 0 spiro atoms. The van der Waals surface area contributed by atoms with E-state index < -0.39 is 0 Å². The Bertz CT molecular complexity index is 821. The molecule has 2 aromatic carbocycles. The summed E-state index contributed by atoms with van der Waals surface area (Å²) in [5, 5.41) is 0.670. The molecule has 2 N–H and O–H groups in total. The first-order valence-corrected chi connectivity index (χ1v) is 7.07. The number of anilines is 2. The van der Waals surface area contributed by atoms with E-state index in [1.807, 2.05) is 42.9 Å². The van der Waals surface area contributed by atoms with Crippen LogP contribution >= 0.6 is 11.6 Å². The summed E-state index contributed by atoms with van der Waals surface area (Å²) in [6, 6.07) is 11.8. The lowest BCUT2D eigenvalue weighted by molar-refractivity contribution is 1.08. The number of nitrogens with two attached hydrogens (primary N) is 1. The summed E-state index contributed by atoms with van der Waals surface area (Å²) in [4.78, 5) is 6.48. The molecule has 0 aliphatic carbocycles. The molecule has 3 aromatic rings. The highest BCUT2D eigenvalue weighted by Crippen LogP contribution is 2.28. The van der Waals surface area contributed by atoms with Gasteiger partial charge in [-0.05, 0) is 42.8 Å². The highest BCUT2D eigenvalue weighted by atomic mass is 35.5. The molecular weight excluding hydrogens is 284 g/mol. The fraction of sp³-hybridized carbons (Fsp3) is 0.188. The average Bonchev–Trinajstić information content (AvgIpc) is 2.74. The van der Waals surface area contributed by atoms with Gasteiger partial charge in [-0.15, -0.1) is 0 Å². The number of aromatic nitrogens is 2. The number of aryl methyl sites for hydroxylation is 1. The lowest BCUT2D eigenvalue weighted by Gasteiger charge is -2.17. The second-order valence-corrected chi connectivity index (χ2v) is 5.74. The lowest BCUT2D eigenvalue weighted by Crippen LogP contribution is -2.11. The highest BCUT2D eigenvalue weighted by molar-refractivity contribution is 6.31. The van der Waals surface area contributed by atoms with Gasteiger partial charge in [0.05, 0.1) is 16.7 Å². The molecule has 0 amide bonds. The molecule has 108 valence electrons. The van der Waals surface area contributed by atoms with Crippen LogP contribution in [0.25, 0.3) is 16.7 Å². The Balaban J connectivity index is 2.27. The Morgan fingerprint density at radius 3 is 2.62 bits per heavy atom. The van der Waals surface area contributed by atoms with Crippen molar-refractivity contribution >= 4 is 34.3 Å². The minimum Gasteiger partial charge on any atom is -0.377 e. The largest absolute Gasteiger partial charge is 0.377 e. The van der Waals surface area contributed by atoms with Crippen molar-refractivity contribution in [1.29, 1.82) is 0 Å². The lowest BCUT2D eigenvalue weighted by atomic mass is 10.1. The van der Waals surface area contributed by atoms with Crippen molar-refractivity contribution in [3.05, 3.63) is 47.0 Å². The number of rotatable bonds is 2. The van der Waals surface area contributed by atoms with E-state index in [0.717, 1.165) is 22.4 Å². The second kappa shape index (κ2) is 4.97. The smallest absolute Gasteiger partial charge is 0.205 e. The van der Waals surface area contributed by atoms with E-state index in [9.17, 15) is 0 Å². The number of hydrogen-bond acceptors (Lipinski definition) is 3. The third-order valence-corrected chi connectivity index (χ3v) is 3.81. The normalized spacial score (nSPS) is 11.0. The van der Waals surface area contributed by atoms with Gasteiger partial charge in [0, 0.05) is 24.8 Å². The summed E-state index contributed by atoms with van der Waals surface area (Å²) in [5.74, 6) is 0.459. The maximum atomic E-state index is 6.10. The molecule has 4 nitrogen and oxygen atoms in total. The van der Waals surface area contributed by atoms with Crippen LogP contribution in [-0.4, -0.2) is 23.6 Å². The standard InChI is InChI=1S/C16H17ClN4/c1-10-4-6-12(9-14(10)20(2)3)21-15-8-11(17)5-7-13(15)19-16(21)18/h4-9H,1-3H3,(H2,18,19). The molecule has 1 heterocycles. The van der Waals surface area contributed by atoms with Gasteiger partial charge in [-0.2, -0.15) is 0 Å². The molecule has 0 radical (unpaired) electrons. The van der Waals surface area contributed by atoms with Gasteiger partial charge in [-0.3, -0.25) is 4.57 Å². The molecule has 1 aromatic heterocycles. The first kappa shape index (κ1) is 13.8. The summed E-state index contributed by atoms with van der Waals surface area (Å²) in [6.45, 7) is 2.09. The summed E-state index contributed by atoms with van der Waals surface area (Å²) in [6.07, 6.45) is 0. The van der Waals surface area contributed by atoms with Crippen LogP contribution in [0.2, 0.25) is 5.02 Å². The number of benzene rings is 2. The minimum absolute atomic E-state index is 0.459. The van der Waals surface area contributed by atoms with E-state index in [1.165, 1.54) is 5.56 Å². The zero-order valence-corrected chi connectivity index (χ0v) is 13.0. The van der Waals surface area contributed by atoms with E-state index >= 15 is 0 Å². The van der Waals surface area contributed by atoms with E-state index in [1.54, 1.807) is 0 Å². The summed E-state index contributed by atoms with van der Waals surface area (Å²) in [5.41, 5.74) is 11.2. The third kappa shape index (κ3) is 2.32. The van der Waals surface area contributed by atoms with E-state index in [-0.39, 0.29) is 0 Å². The van der Waals surface area contributed by atoms with Crippen molar-refractivity contribution in [2.45, 2.75) is 6.92 Å². The number of fused-ring (bicyclic) bond motifs is 1. The maximum absolute atomic E-state index is 6.10. The maximum Gasteiger partial charge on any atom is 0.205 e. The van der Waals surface area contributed by atoms with Crippen LogP contribution in [0.15, 0.2) is 36.4 Å². The molecular formula is C16H17ClN4. The van der Waals surface area contributed by atoms with Crippen LogP contribution in [0.1, 0.15) is 5.56 Å². The van der Waals surface area contributed by atoms with Gasteiger partial charge in [-0.1, -0.05) is 17.7 Å². The summed E-state index contributed by atoms with van der Waals surface area (Å²) < 4.78 is 1.92. The summed E-state index contributed by atoms with van der Waals surface area (Å²) >= 11 is 6.10. The topological polar surface area (TPSA) is 47.1 Å².